The molecule has 0 saturated heterocycles. The Morgan fingerprint density at radius 3 is 2.85 bits per heavy atom. The van der Waals surface area contributed by atoms with Crippen LogP contribution in [0, 0.1) is 6.92 Å². The van der Waals surface area contributed by atoms with Gasteiger partial charge >= 0.3 is 0 Å². The fourth-order valence-corrected chi connectivity index (χ4v) is 3.15. The summed E-state index contributed by atoms with van der Waals surface area (Å²) >= 11 is 1.40. The van der Waals surface area contributed by atoms with Crippen molar-refractivity contribution in [3.8, 4) is 11.5 Å². The van der Waals surface area contributed by atoms with Crippen LogP contribution >= 0.6 is 11.8 Å². The molecule has 1 heterocycles. The molecule has 134 valence electrons. The van der Waals surface area contributed by atoms with E-state index in [4.69, 9.17) is 4.74 Å². The number of carbonyl (C=O) groups excluding carboxylic acids is 1. The second-order valence-corrected chi connectivity index (χ2v) is 7.00. The van der Waals surface area contributed by atoms with E-state index in [0.29, 0.717) is 29.4 Å². The third-order valence-electron chi connectivity index (χ3n) is 3.69. The Kier molecular flexibility index (Phi) is 5.70. The minimum Gasteiger partial charge on any atom is -0.455 e. The van der Waals surface area contributed by atoms with Crippen LogP contribution in [0.4, 0.5) is 5.69 Å². The number of ketones is 1. The fraction of sp³-hybridized carbons (Fsp3) is 0.211. The van der Waals surface area contributed by atoms with E-state index in [-0.39, 0.29) is 5.78 Å². The first-order chi connectivity index (χ1) is 12.5. The topological polar surface area (TPSA) is 83.3 Å². The number of hydrogen-bond acceptors (Lipinski definition) is 7. The number of hydrogen-bond donors (Lipinski definition) is 2. The molecule has 0 fully saturated rings. The summed E-state index contributed by atoms with van der Waals surface area (Å²) in [6.45, 7) is 3.54. The molecule has 1 aliphatic rings. The molecular weight excluding hydrogens is 350 g/mol. The maximum Gasteiger partial charge on any atom is 0.152 e. The Balaban J connectivity index is 1.72. The van der Waals surface area contributed by atoms with E-state index in [2.05, 4.69) is 15.7 Å². The van der Waals surface area contributed by atoms with Gasteiger partial charge in [0.05, 0.1) is 11.5 Å². The van der Waals surface area contributed by atoms with E-state index in [1.165, 1.54) is 11.8 Å². The average Bonchev–Trinajstić information content (AvgIpc) is 3.09. The van der Waals surface area contributed by atoms with Gasteiger partial charge in [0.25, 0.3) is 0 Å². The first-order valence-electron chi connectivity index (χ1n) is 8.10. The smallest absolute Gasteiger partial charge is 0.152 e. The summed E-state index contributed by atoms with van der Waals surface area (Å²) in [5.74, 6) is 1.70. The lowest BCUT2D eigenvalue weighted by molar-refractivity contribution is -0.114. The highest BCUT2D eigenvalue weighted by atomic mass is 32.2. The van der Waals surface area contributed by atoms with Crippen LogP contribution in [0.3, 0.4) is 0 Å². The van der Waals surface area contributed by atoms with E-state index < -0.39 is 0 Å². The summed E-state index contributed by atoms with van der Waals surface area (Å²) in [7, 11) is 0. The Bertz CT molecular complexity index is 893. The molecule has 0 aromatic heterocycles. The highest BCUT2D eigenvalue weighted by molar-refractivity contribution is 8.14. The van der Waals surface area contributed by atoms with Gasteiger partial charge < -0.3 is 4.74 Å². The molecule has 0 saturated carbocycles. The molecule has 7 heteroatoms. The maximum absolute atomic E-state index is 11.1. The third-order valence-corrected chi connectivity index (χ3v) is 4.80. The van der Waals surface area contributed by atoms with Crippen molar-refractivity contribution in [1.29, 1.82) is 0 Å². The van der Waals surface area contributed by atoms with Crippen molar-refractivity contribution in [3.05, 3.63) is 53.6 Å². The van der Waals surface area contributed by atoms with Gasteiger partial charge in [-0.15, -0.1) is 16.9 Å². The zero-order chi connectivity index (χ0) is 18.5. The predicted octanol–water partition coefficient (Wildman–Crippen LogP) is 4.42. The summed E-state index contributed by atoms with van der Waals surface area (Å²) in [6.07, 6.45) is 0.570. The number of rotatable bonds is 6. The van der Waals surface area contributed by atoms with Crippen molar-refractivity contribution in [2.24, 2.45) is 10.2 Å². The Hall–Kier alpha value is -2.64. The molecule has 0 radical (unpaired) electrons. The summed E-state index contributed by atoms with van der Waals surface area (Å²) in [6, 6.07) is 13.1. The van der Waals surface area contributed by atoms with Crippen LogP contribution in [0.5, 0.6) is 11.5 Å². The monoisotopic (exact) mass is 369 g/mol. The first-order valence-corrected chi connectivity index (χ1v) is 9.08. The molecule has 2 aromatic carbocycles. The van der Waals surface area contributed by atoms with E-state index in [1.54, 1.807) is 19.1 Å². The number of benzene rings is 2. The van der Waals surface area contributed by atoms with Gasteiger partial charge in [0.15, 0.2) is 5.75 Å². The highest BCUT2D eigenvalue weighted by Gasteiger charge is 2.17. The van der Waals surface area contributed by atoms with Gasteiger partial charge in [-0.2, -0.15) is 5.10 Å². The lowest BCUT2D eigenvalue weighted by Crippen LogP contribution is -2.05. The molecule has 2 aromatic rings. The molecule has 2 N–H and O–H groups in total. The Labute approximate surface area is 155 Å². The zero-order valence-electron chi connectivity index (χ0n) is 14.5. The van der Waals surface area contributed by atoms with Crippen molar-refractivity contribution in [2.75, 3.05) is 11.2 Å². The fourth-order valence-electron chi connectivity index (χ4n) is 2.45. The molecule has 0 spiro atoms. The number of nitrogens with one attached hydrogen (secondary N) is 1. The molecule has 0 amide bonds. The Morgan fingerprint density at radius 1 is 1.27 bits per heavy atom. The van der Waals surface area contributed by atoms with E-state index in [9.17, 15) is 10.0 Å². The van der Waals surface area contributed by atoms with Crippen LogP contribution in [-0.2, 0) is 4.79 Å². The minimum atomic E-state index is 0.107. The first kappa shape index (κ1) is 18.2. The summed E-state index contributed by atoms with van der Waals surface area (Å²) in [5.41, 5.74) is 5.33. The van der Waals surface area contributed by atoms with Crippen LogP contribution in [0.2, 0.25) is 0 Å². The second kappa shape index (κ2) is 8.16. The van der Waals surface area contributed by atoms with Crippen molar-refractivity contribution in [1.82, 2.24) is 0 Å². The lowest BCUT2D eigenvalue weighted by atomic mass is 10.1. The number of nitrogens with zero attached hydrogens (tertiary/aromatic N) is 2. The van der Waals surface area contributed by atoms with Gasteiger partial charge in [-0.25, -0.2) is 0 Å². The predicted molar refractivity (Wildman–Crippen MR) is 105 cm³/mol. The van der Waals surface area contributed by atoms with Crippen LogP contribution in [0.25, 0.3) is 0 Å². The molecular formula is C19H19N3O3S. The van der Waals surface area contributed by atoms with Crippen molar-refractivity contribution >= 4 is 34.0 Å². The molecule has 3 rings (SSSR count). The van der Waals surface area contributed by atoms with Crippen LogP contribution < -0.4 is 10.2 Å². The van der Waals surface area contributed by atoms with Crippen LogP contribution in [0.15, 0.2) is 52.7 Å². The zero-order valence-corrected chi connectivity index (χ0v) is 15.3. The maximum atomic E-state index is 11.1. The van der Waals surface area contributed by atoms with E-state index in [0.717, 1.165) is 21.9 Å². The number of aryl methyl sites for hydroxylation is 1. The molecule has 26 heavy (non-hydrogen) atoms. The summed E-state index contributed by atoms with van der Waals surface area (Å²) < 4.78 is 5.85. The number of carbonyl (C=O) groups is 1. The minimum absolute atomic E-state index is 0.107. The van der Waals surface area contributed by atoms with Gasteiger partial charge in [0.1, 0.15) is 22.3 Å². The normalized spacial score (nSPS) is 13.2. The molecule has 0 bridgehead atoms. The highest BCUT2D eigenvalue weighted by Crippen LogP contribution is 2.32. The SMILES string of the molecule is CC(=O)CSC1=NN=C(c2ccc(Oc3cccc(C)c3)c(NO)c2)C1. The van der Waals surface area contributed by atoms with Crippen LogP contribution in [0.1, 0.15) is 24.5 Å². The van der Waals surface area contributed by atoms with Gasteiger partial charge in [0, 0.05) is 12.0 Å². The number of Topliss-reactive ketones (excluding diaryl/α,β-unsaturated/α-hetero) is 1. The van der Waals surface area contributed by atoms with Gasteiger partial charge in [-0.3, -0.25) is 15.5 Å². The van der Waals surface area contributed by atoms with Crippen molar-refractivity contribution < 1.29 is 14.7 Å². The second-order valence-electron chi connectivity index (χ2n) is 5.95. The van der Waals surface area contributed by atoms with Crippen LogP contribution in [-0.4, -0.2) is 27.5 Å². The van der Waals surface area contributed by atoms with E-state index >= 15 is 0 Å². The summed E-state index contributed by atoms with van der Waals surface area (Å²) in [5, 5.41) is 18.6. The Morgan fingerprint density at radius 2 is 2.12 bits per heavy atom. The van der Waals surface area contributed by atoms with E-state index in [1.807, 2.05) is 37.3 Å². The number of thioether (sulfide) groups is 1. The van der Waals surface area contributed by atoms with Crippen molar-refractivity contribution in [3.63, 3.8) is 0 Å². The van der Waals surface area contributed by atoms with Gasteiger partial charge in [0.2, 0.25) is 0 Å². The number of ether oxygens (including phenoxy) is 1. The third kappa shape index (κ3) is 4.50. The molecule has 0 unspecified atom stereocenters. The summed E-state index contributed by atoms with van der Waals surface area (Å²) in [4.78, 5) is 11.1. The average molecular weight is 369 g/mol. The molecule has 1 aliphatic heterocycles. The quantitative estimate of drug-likeness (QED) is 0.737. The molecule has 0 atom stereocenters. The lowest BCUT2D eigenvalue weighted by Gasteiger charge is -2.12. The molecule has 6 nitrogen and oxygen atoms in total. The van der Waals surface area contributed by atoms with Gasteiger partial charge in [-0.05, 0) is 49.7 Å². The molecule has 0 aliphatic carbocycles. The number of anilines is 1. The van der Waals surface area contributed by atoms with Gasteiger partial charge in [-0.1, -0.05) is 12.1 Å². The standard InChI is InChI=1S/C19H19N3O3S/c1-12-4-3-5-15(8-12)25-18-7-6-14(9-17(18)22-24)16-10-19(21-20-16)26-11-13(2)23/h3-9,22,24H,10-11H2,1-2H3. The van der Waals surface area contributed by atoms with Crippen molar-refractivity contribution in [2.45, 2.75) is 20.3 Å². The largest absolute Gasteiger partial charge is 0.455 e.